The summed E-state index contributed by atoms with van der Waals surface area (Å²) in [5.74, 6) is 0.537. The second-order valence-corrected chi connectivity index (χ2v) is 7.69. The van der Waals surface area contributed by atoms with Crippen molar-refractivity contribution >= 4 is 23.4 Å². The summed E-state index contributed by atoms with van der Waals surface area (Å²) >= 11 is 5.95. The van der Waals surface area contributed by atoms with Crippen LogP contribution in [-0.4, -0.2) is 11.8 Å². The third-order valence-corrected chi connectivity index (χ3v) is 5.33. The number of benzene rings is 3. The van der Waals surface area contributed by atoms with Crippen molar-refractivity contribution in [2.45, 2.75) is 19.6 Å². The molecule has 0 aliphatic carbocycles. The van der Waals surface area contributed by atoms with Gasteiger partial charge in [0.2, 0.25) is 0 Å². The van der Waals surface area contributed by atoms with E-state index in [9.17, 15) is 9.59 Å². The van der Waals surface area contributed by atoms with Gasteiger partial charge >= 0.3 is 6.03 Å². The van der Waals surface area contributed by atoms with Crippen LogP contribution in [0.15, 0.2) is 90.1 Å². The lowest BCUT2D eigenvalue weighted by Crippen LogP contribution is -2.45. The van der Waals surface area contributed by atoms with Crippen molar-refractivity contribution in [1.29, 1.82) is 0 Å². The van der Waals surface area contributed by atoms with Gasteiger partial charge in [-0.2, -0.15) is 0 Å². The molecule has 1 aliphatic heterocycles. The number of Topliss-reactive ketones (excluding diaryl/α,β-unsaturated/α-hetero) is 1. The molecule has 0 aromatic heterocycles. The Morgan fingerprint density at radius 2 is 1.65 bits per heavy atom. The summed E-state index contributed by atoms with van der Waals surface area (Å²) in [6.45, 7) is 2.19. The molecule has 1 aliphatic rings. The third kappa shape index (κ3) is 4.78. The van der Waals surface area contributed by atoms with Crippen molar-refractivity contribution in [1.82, 2.24) is 10.6 Å². The van der Waals surface area contributed by atoms with E-state index in [1.54, 1.807) is 31.2 Å². The zero-order valence-corrected chi connectivity index (χ0v) is 17.6. The standard InChI is InChI=1S/C25H21ClN2O3/c1-16-22(24(29)19-7-11-20(26)12-8-19)23(28-25(30)27-16)18-9-13-21(14-10-18)31-15-17-5-3-2-4-6-17/h2-14,23H,15H2,1H3,(H2,27,28,30). The second-order valence-electron chi connectivity index (χ2n) is 7.25. The van der Waals surface area contributed by atoms with Gasteiger partial charge < -0.3 is 15.4 Å². The predicted molar refractivity (Wildman–Crippen MR) is 120 cm³/mol. The number of allylic oxidation sites excluding steroid dienone is 1. The first kappa shape index (κ1) is 20.7. The zero-order chi connectivity index (χ0) is 21.8. The van der Waals surface area contributed by atoms with Crippen molar-refractivity contribution in [3.63, 3.8) is 0 Å². The smallest absolute Gasteiger partial charge is 0.319 e. The first-order chi connectivity index (χ1) is 15.0. The van der Waals surface area contributed by atoms with Gasteiger partial charge in [-0.3, -0.25) is 4.79 Å². The normalized spacial score (nSPS) is 15.8. The molecule has 1 heterocycles. The van der Waals surface area contributed by atoms with E-state index in [-0.39, 0.29) is 11.8 Å². The average molecular weight is 433 g/mol. The van der Waals surface area contributed by atoms with E-state index in [4.69, 9.17) is 16.3 Å². The van der Waals surface area contributed by atoms with Crippen LogP contribution < -0.4 is 15.4 Å². The number of hydrogen-bond acceptors (Lipinski definition) is 3. The van der Waals surface area contributed by atoms with E-state index >= 15 is 0 Å². The summed E-state index contributed by atoms with van der Waals surface area (Å²) in [7, 11) is 0. The highest BCUT2D eigenvalue weighted by atomic mass is 35.5. The molecule has 156 valence electrons. The molecule has 0 spiro atoms. The molecule has 4 rings (SSSR count). The van der Waals surface area contributed by atoms with Crippen molar-refractivity contribution in [2.75, 3.05) is 0 Å². The van der Waals surface area contributed by atoms with Gasteiger partial charge in [0.15, 0.2) is 5.78 Å². The minimum atomic E-state index is -0.569. The number of urea groups is 1. The fourth-order valence-corrected chi connectivity index (χ4v) is 3.63. The van der Waals surface area contributed by atoms with Crippen LogP contribution in [-0.2, 0) is 6.61 Å². The molecule has 1 unspecified atom stereocenters. The third-order valence-electron chi connectivity index (χ3n) is 5.08. The number of rotatable bonds is 6. The van der Waals surface area contributed by atoms with Crippen LogP contribution >= 0.6 is 11.6 Å². The SMILES string of the molecule is CC1=C(C(=O)c2ccc(Cl)cc2)C(c2ccc(OCc3ccccc3)cc2)NC(=O)N1. The van der Waals surface area contributed by atoms with Crippen LogP contribution in [0, 0.1) is 0 Å². The summed E-state index contributed by atoms with van der Waals surface area (Å²) in [6, 6.07) is 23.1. The number of carbonyl (C=O) groups excluding carboxylic acids is 2. The van der Waals surface area contributed by atoms with Gasteiger partial charge in [0.25, 0.3) is 0 Å². The lowest BCUT2D eigenvalue weighted by Gasteiger charge is -2.28. The Hall–Kier alpha value is -3.57. The molecule has 0 saturated heterocycles. The fourth-order valence-electron chi connectivity index (χ4n) is 3.50. The molecule has 6 heteroatoms. The van der Waals surface area contributed by atoms with E-state index in [2.05, 4.69) is 10.6 Å². The van der Waals surface area contributed by atoms with Crippen LogP contribution in [0.4, 0.5) is 4.79 Å². The molecular weight excluding hydrogens is 412 g/mol. The molecule has 1 atom stereocenters. The van der Waals surface area contributed by atoms with Crippen molar-refractivity contribution < 1.29 is 14.3 Å². The van der Waals surface area contributed by atoms with E-state index in [1.165, 1.54) is 0 Å². The number of amides is 2. The Kier molecular flexibility index (Phi) is 6.05. The van der Waals surface area contributed by atoms with Gasteiger partial charge in [0.05, 0.1) is 6.04 Å². The molecule has 3 aromatic carbocycles. The highest BCUT2D eigenvalue weighted by Crippen LogP contribution is 2.30. The molecule has 0 bridgehead atoms. The Morgan fingerprint density at radius 1 is 0.968 bits per heavy atom. The minimum Gasteiger partial charge on any atom is -0.489 e. The zero-order valence-electron chi connectivity index (χ0n) is 16.9. The molecule has 0 saturated carbocycles. The lowest BCUT2D eigenvalue weighted by atomic mass is 9.89. The number of ketones is 1. The quantitative estimate of drug-likeness (QED) is 0.510. The van der Waals surface area contributed by atoms with Gasteiger partial charge in [-0.15, -0.1) is 0 Å². The van der Waals surface area contributed by atoms with E-state index < -0.39 is 6.04 Å². The van der Waals surface area contributed by atoms with E-state index in [0.717, 1.165) is 11.1 Å². The van der Waals surface area contributed by atoms with Crippen molar-refractivity contribution in [3.8, 4) is 5.75 Å². The maximum Gasteiger partial charge on any atom is 0.319 e. The topological polar surface area (TPSA) is 67.4 Å². The van der Waals surface area contributed by atoms with Crippen LogP contribution in [0.25, 0.3) is 0 Å². The van der Waals surface area contributed by atoms with Gasteiger partial charge in [-0.25, -0.2) is 4.79 Å². The Bertz CT molecular complexity index is 1120. The molecule has 2 amide bonds. The molecule has 3 aromatic rings. The van der Waals surface area contributed by atoms with Crippen LogP contribution in [0.2, 0.25) is 5.02 Å². The van der Waals surface area contributed by atoms with Gasteiger partial charge in [0.1, 0.15) is 12.4 Å². The molecule has 0 fully saturated rings. The maximum absolute atomic E-state index is 13.2. The average Bonchev–Trinajstić information content (AvgIpc) is 2.78. The van der Waals surface area contributed by atoms with Crippen molar-refractivity contribution in [2.24, 2.45) is 0 Å². The Balaban J connectivity index is 1.57. The van der Waals surface area contributed by atoms with Gasteiger partial charge in [0, 0.05) is 21.9 Å². The number of nitrogens with one attached hydrogen (secondary N) is 2. The number of carbonyl (C=O) groups is 2. The first-order valence-electron chi connectivity index (χ1n) is 9.86. The monoisotopic (exact) mass is 432 g/mol. The highest BCUT2D eigenvalue weighted by Gasteiger charge is 2.31. The molecule has 0 radical (unpaired) electrons. The number of halogens is 1. The largest absolute Gasteiger partial charge is 0.489 e. The van der Waals surface area contributed by atoms with Crippen LogP contribution in [0.1, 0.15) is 34.5 Å². The highest BCUT2D eigenvalue weighted by molar-refractivity contribution is 6.30. The van der Waals surface area contributed by atoms with Crippen LogP contribution in [0.3, 0.4) is 0 Å². The number of hydrogen-bond donors (Lipinski definition) is 2. The summed E-state index contributed by atoms with van der Waals surface area (Å²) < 4.78 is 5.84. The summed E-state index contributed by atoms with van der Waals surface area (Å²) in [4.78, 5) is 25.3. The first-order valence-corrected chi connectivity index (χ1v) is 10.2. The molecule has 31 heavy (non-hydrogen) atoms. The summed E-state index contributed by atoms with van der Waals surface area (Å²) in [5, 5.41) is 6.11. The fraction of sp³-hybridized carbons (Fsp3) is 0.120. The van der Waals surface area contributed by atoms with E-state index in [1.807, 2.05) is 54.6 Å². The van der Waals surface area contributed by atoms with Gasteiger partial charge in [-0.1, -0.05) is 54.1 Å². The maximum atomic E-state index is 13.2. The summed E-state index contributed by atoms with van der Waals surface area (Å²) in [5.41, 5.74) is 3.38. The lowest BCUT2D eigenvalue weighted by molar-refractivity contribution is 0.102. The Morgan fingerprint density at radius 3 is 2.32 bits per heavy atom. The minimum absolute atomic E-state index is 0.170. The molecular formula is C25H21ClN2O3. The predicted octanol–water partition coefficient (Wildman–Crippen LogP) is 5.43. The second kappa shape index (κ2) is 9.06. The number of ether oxygens (including phenoxy) is 1. The molecule has 5 nitrogen and oxygen atoms in total. The van der Waals surface area contributed by atoms with Crippen LogP contribution in [0.5, 0.6) is 5.75 Å². The Labute approximate surface area is 185 Å². The summed E-state index contributed by atoms with van der Waals surface area (Å²) in [6.07, 6.45) is 0. The van der Waals surface area contributed by atoms with Crippen molar-refractivity contribution in [3.05, 3.63) is 112 Å². The van der Waals surface area contributed by atoms with E-state index in [0.29, 0.717) is 34.2 Å². The molecule has 2 N–H and O–H groups in total. The van der Waals surface area contributed by atoms with Gasteiger partial charge in [-0.05, 0) is 54.4 Å².